The van der Waals surface area contributed by atoms with E-state index in [2.05, 4.69) is 31.4 Å². The number of rotatable bonds is 3. The number of anilines is 1. The first-order valence-electron chi connectivity index (χ1n) is 6.28. The van der Waals surface area contributed by atoms with Crippen LogP contribution in [-0.4, -0.2) is 16.1 Å². The zero-order valence-electron chi connectivity index (χ0n) is 11.1. The SMILES string of the molecule is O=C(Nc1cccc(Br)c1)c1nnc(-c2ccc(F)cc2)o1. The molecule has 0 aliphatic heterocycles. The van der Waals surface area contributed by atoms with Crippen LogP contribution in [0.5, 0.6) is 0 Å². The Balaban J connectivity index is 1.78. The van der Waals surface area contributed by atoms with Gasteiger partial charge in [0.1, 0.15) is 5.82 Å². The molecule has 1 heterocycles. The van der Waals surface area contributed by atoms with Crippen LogP contribution in [0.2, 0.25) is 0 Å². The highest BCUT2D eigenvalue weighted by atomic mass is 79.9. The lowest BCUT2D eigenvalue weighted by Crippen LogP contribution is -2.12. The van der Waals surface area contributed by atoms with Crippen molar-refractivity contribution in [3.8, 4) is 11.5 Å². The number of benzene rings is 2. The summed E-state index contributed by atoms with van der Waals surface area (Å²) in [4.78, 5) is 12.0. The summed E-state index contributed by atoms with van der Waals surface area (Å²) in [6, 6.07) is 12.7. The van der Waals surface area contributed by atoms with Crippen molar-refractivity contribution in [2.75, 3.05) is 5.32 Å². The number of aromatic nitrogens is 2. The fourth-order valence-electron chi connectivity index (χ4n) is 1.77. The van der Waals surface area contributed by atoms with Gasteiger partial charge in [-0.2, -0.15) is 0 Å². The van der Waals surface area contributed by atoms with Gasteiger partial charge < -0.3 is 9.73 Å². The van der Waals surface area contributed by atoms with Crippen molar-refractivity contribution in [3.05, 3.63) is 64.7 Å². The molecule has 7 heteroatoms. The standard InChI is InChI=1S/C15H9BrFN3O2/c16-10-2-1-3-12(8-10)18-13(21)15-20-19-14(22-15)9-4-6-11(17)7-5-9/h1-8H,(H,18,21). The fraction of sp³-hybridized carbons (Fsp3) is 0. The van der Waals surface area contributed by atoms with Crippen molar-refractivity contribution in [2.24, 2.45) is 0 Å². The zero-order chi connectivity index (χ0) is 15.5. The van der Waals surface area contributed by atoms with Crippen LogP contribution in [-0.2, 0) is 0 Å². The second-order valence-corrected chi connectivity index (χ2v) is 5.30. The summed E-state index contributed by atoms with van der Waals surface area (Å²) in [6.07, 6.45) is 0. The number of nitrogens with one attached hydrogen (secondary N) is 1. The minimum absolute atomic E-state index is 0.152. The van der Waals surface area contributed by atoms with Crippen molar-refractivity contribution in [1.82, 2.24) is 10.2 Å². The van der Waals surface area contributed by atoms with Gasteiger partial charge in [-0.3, -0.25) is 4.79 Å². The third kappa shape index (κ3) is 3.20. The van der Waals surface area contributed by atoms with E-state index in [1.807, 2.05) is 6.07 Å². The molecule has 1 N–H and O–H groups in total. The highest BCUT2D eigenvalue weighted by Gasteiger charge is 2.16. The van der Waals surface area contributed by atoms with E-state index in [4.69, 9.17) is 4.42 Å². The molecule has 3 aromatic rings. The van der Waals surface area contributed by atoms with Crippen LogP contribution in [0.3, 0.4) is 0 Å². The molecule has 3 rings (SSSR count). The molecule has 2 aromatic carbocycles. The van der Waals surface area contributed by atoms with Crippen molar-refractivity contribution in [1.29, 1.82) is 0 Å². The summed E-state index contributed by atoms with van der Waals surface area (Å²) < 4.78 is 19.0. The highest BCUT2D eigenvalue weighted by molar-refractivity contribution is 9.10. The fourth-order valence-corrected chi connectivity index (χ4v) is 2.17. The van der Waals surface area contributed by atoms with Crippen LogP contribution in [0.1, 0.15) is 10.7 Å². The first kappa shape index (κ1) is 14.4. The van der Waals surface area contributed by atoms with Crippen LogP contribution in [0.15, 0.2) is 57.4 Å². The molecule has 0 saturated carbocycles. The van der Waals surface area contributed by atoms with E-state index in [0.717, 1.165) is 4.47 Å². The molecular formula is C15H9BrFN3O2. The molecule has 1 amide bonds. The number of hydrogen-bond donors (Lipinski definition) is 1. The van der Waals surface area contributed by atoms with E-state index in [1.165, 1.54) is 24.3 Å². The van der Waals surface area contributed by atoms with Gasteiger partial charge in [0.25, 0.3) is 0 Å². The van der Waals surface area contributed by atoms with Crippen molar-refractivity contribution < 1.29 is 13.6 Å². The number of hydrogen-bond acceptors (Lipinski definition) is 4. The quantitative estimate of drug-likeness (QED) is 0.768. The maximum atomic E-state index is 12.9. The average molecular weight is 362 g/mol. The van der Waals surface area contributed by atoms with Gasteiger partial charge in [0.2, 0.25) is 5.89 Å². The zero-order valence-corrected chi connectivity index (χ0v) is 12.7. The van der Waals surface area contributed by atoms with Gasteiger partial charge in [-0.15, -0.1) is 10.2 Å². The lowest BCUT2D eigenvalue weighted by atomic mass is 10.2. The first-order valence-corrected chi connectivity index (χ1v) is 7.07. The van der Waals surface area contributed by atoms with Crippen LogP contribution in [0.4, 0.5) is 10.1 Å². The molecule has 0 atom stereocenters. The summed E-state index contributed by atoms with van der Waals surface area (Å²) in [5.41, 5.74) is 1.14. The van der Waals surface area contributed by atoms with Gasteiger partial charge in [-0.1, -0.05) is 22.0 Å². The monoisotopic (exact) mass is 361 g/mol. The van der Waals surface area contributed by atoms with Crippen LogP contribution >= 0.6 is 15.9 Å². The first-order chi connectivity index (χ1) is 10.6. The van der Waals surface area contributed by atoms with Crippen LogP contribution < -0.4 is 5.32 Å². The Labute approximate surface area is 133 Å². The molecule has 0 radical (unpaired) electrons. The number of carbonyl (C=O) groups is 1. The summed E-state index contributed by atoms with van der Waals surface area (Å²) in [6.45, 7) is 0. The Morgan fingerprint density at radius 1 is 1.14 bits per heavy atom. The van der Waals surface area contributed by atoms with Crippen molar-refractivity contribution in [2.45, 2.75) is 0 Å². The molecule has 110 valence electrons. The van der Waals surface area contributed by atoms with Crippen molar-refractivity contribution in [3.63, 3.8) is 0 Å². The molecule has 0 saturated heterocycles. The predicted molar refractivity (Wildman–Crippen MR) is 81.8 cm³/mol. The third-order valence-corrected chi connectivity index (χ3v) is 3.29. The molecule has 22 heavy (non-hydrogen) atoms. The smallest absolute Gasteiger partial charge is 0.313 e. The van der Waals surface area contributed by atoms with Gasteiger partial charge in [-0.05, 0) is 42.5 Å². The molecule has 0 unspecified atom stereocenters. The molecule has 0 bridgehead atoms. The third-order valence-electron chi connectivity index (χ3n) is 2.79. The topological polar surface area (TPSA) is 68.0 Å². The normalized spacial score (nSPS) is 10.5. The minimum Gasteiger partial charge on any atom is -0.412 e. The van der Waals surface area contributed by atoms with E-state index >= 15 is 0 Å². The molecule has 5 nitrogen and oxygen atoms in total. The Morgan fingerprint density at radius 3 is 2.64 bits per heavy atom. The summed E-state index contributed by atoms with van der Waals surface area (Å²) in [5, 5.41) is 10.1. The largest absolute Gasteiger partial charge is 0.412 e. The van der Waals surface area contributed by atoms with Crippen molar-refractivity contribution >= 4 is 27.5 Å². The maximum Gasteiger partial charge on any atom is 0.313 e. The maximum absolute atomic E-state index is 12.9. The van der Waals surface area contributed by atoms with Crippen LogP contribution in [0.25, 0.3) is 11.5 Å². The molecular weight excluding hydrogens is 353 g/mol. The highest BCUT2D eigenvalue weighted by Crippen LogP contribution is 2.19. The summed E-state index contributed by atoms with van der Waals surface area (Å²) in [7, 11) is 0. The van der Waals surface area contributed by atoms with E-state index in [0.29, 0.717) is 11.3 Å². The van der Waals surface area contributed by atoms with E-state index in [1.54, 1.807) is 18.2 Å². The Morgan fingerprint density at radius 2 is 1.91 bits per heavy atom. The van der Waals surface area contributed by atoms with Gasteiger partial charge in [0.05, 0.1) is 0 Å². The number of halogens is 2. The van der Waals surface area contributed by atoms with E-state index in [9.17, 15) is 9.18 Å². The van der Waals surface area contributed by atoms with Gasteiger partial charge in [0, 0.05) is 15.7 Å². The summed E-state index contributed by atoms with van der Waals surface area (Å²) >= 11 is 3.32. The minimum atomic E-state index is -0.515. The summed E-state index contributed by atoms with van der Waals surface area (Å²) in [5.74, 6) is -0.895. The van der Waals surface area contributed by atoms with E-state index < -0.39 is 5.91 Å². The lowest BCUT2D eigenvalue weighted by molar-refractivity contribution is 0.0991. The molecule has 1 aromatic heterocycles. The van der Waals surface area contributed by atoms with Gasteiger partial charge in [-0.25, -0.2) is 4.39 Å². The predicted octanol–water partition coefficient (Wildman–Crippen LogP) is 3.89. The van der Waals surface area contributed by atoms with Gasteiger partial charge >= 0.3 is 11.8 Å². The van der Waals surface area contributed by atoms with Crippen LogP contribution in [0, 0.1) is 5.82 Å². The van der Waals surface area contributed by atoms with E-state index in [-0.39, 0.29) is 17.6 Å². The second kappa shape index (κ2) is 6.07. The molecule has 0 fully saturated rings. The molecule has 0 spiro atoms. The van der Waals surface area contributed by atoms with Gasteiger partial charge in [0.15, 0.2) is 0 Å². The number of carbonyl (C=O) groups excluding carboxylic acids is 1. The molecule has 0 aliphatic carbocycles. The second-order valence-electron chi connectivity index (χ2n) is 4.38. The molecule has 0 aliphatic rings. The Bertz CT molecular complexity index is 818. The Hall–Kier alpha value is -2.54. The average Bonchev–Trinajstić information content (AvgIpc) is 2.98. The number of nitrogens with zero attached hydrogens (tertiary/aromatic N) is 2. The lowest BCUT2D eigenvalue weighted by Gasteiger charge is -2.02. The Kier molecular flexibility index (Phi) is 3.97. The number of amides is 1.